The lowest BCUT2D eigenvalue weighted by Crippen LogP contribution is -2.11. The fourth-order valence-electron chi connectivity index (χ4n) is 0.844. The topological polar surface area (TPSA) is 37.1 Å². The van der Waals surface area contributed by atoms with Gasteiger partial charge in [0.1, 0.15) is 6.04 Å². The zero-order valence-corrected chi connectivity index (χ0v) is 6.73. The first kappa shape index (κ1) is 7.85. The van der Waals surface area contributed by atoms with E-state index in [-0.39, 0.29) is 6.04 Å². The normalized spacial score (nSPS) is 23.8. The van der Waals surface area contributed by atoms with Crippen molar-refractivity contribution in [1.29, 1.82) is 0 Å². The van der Waals surface area contributed by atoms with Crippen LogP contribution in [-0.4, -0.2) is 11.8 Å². The summed E-state index contributed by atoms with van der Waals surface area (Å²) in [6.07, 6.45) is 7.78. The molecular weight excluding hydrogens is 138 g/mol. The van der Waals surface area contributed by atoms with E-state index in [1.807, 2.05) is 38.2 Å². The monoisotopic (exact) mass is 149 g/mol. The molecule has 0 aromatic carbocycles. The van der Waals surface area contributed by atoms with Crippen molar-refractivity contribution in [3.63, 3.8) is 0 Å². The van der Waals surface area contributed by atoms with Gasteiger partial charge in [0.2, 0.25) is 0 Å². The Morgan fingerprint density at radius 3 is 2.82 bits per heavy atom. The van der Waals surface area contributed by atoms with Crippen molar-refractivity contribution in [1.82, 2.24) is 0 Å². The number of hydrogen-bond acceptors (Lipinski definition) is 3. The molecule has 0 radical (unpaired) electrons. The van der Waals surface area contributed by atoms with Gasteiger partial charge in [0.05, 0.1) is 5.71 Å². The minimum absolute atomic E-state index is 0.106. The Bertz CT molecular complexity index is 236. The van der Waals surface area contributed by atoms with Gasteiger partial charge in [0, 0.05) is 0 Å². The molecule has 0 bridgehead atoms. The molecule has 1 aliphatic heterocycles. The van der Waals surface area contributed by atoms with Crippen LogP contribution in [0.5, 0.6) is 0 Å². The van der Waals surface area contributed by atoms with Gasteiger partial charge in [-0.05, 0) is 11.3 Å². The lowest BCUT2D eigenvalue weighted by atomic mass is 10.1. The summed E-state index contributed by atoms with van der Waals surface area (Å²) >= 11 is 0. The van der Waals surface area contributed by atoms with Crippen molar-refractivity contribution in [2.75, 3.05) is 0 Å². The maximum absolute atomic E-state index is 3.84. The van der Waals surface area contributed by atoms with Crippen LogP contribution in [0.25, 0.3) is 0 Å². The summed E-state index contributed by atoms with van der Waals surface area (Å²) in [5.74, 6) is 0. The first-order valence-corrected chi connectivity index (χ1v) is 3.79. The van der Waals surface area contributed by atoms with Crippen LogP contribution in [0, 0.1) is 0 Å². The summed E-state index contributed by atoms with van der Waals surface area (Å²) < 4.78 is 0. The third kappa shape index (κ3) is 1.61. The molecule has 1 atom stereocenters. The number of nitrogens with zero attached hydrogens (tertiary/aromatic N) is 3. The summed E-state index contributed by atoms with van der Waals surface area (Å²) in [4.78, 5) is 0. The largest absolute Gasteiger partial charge is 0.155 e. The Morgan fingerprint density at radius 1 is 1.27 bits per heavy atom. The predicted octanol–water partition coefficient (Wildman–Crippen LogP) is 2.33. The number of rotatable bonds is 0. The lowest BCUT2D eigenvalue weighted by Gasteiger charge is -2.00. The molecule has 2 aliphatic rings. The molecule has 0 N–H and O–H groups in total. The molecule has 0 spiro atoms. The average Bonchev–Trinajstić information content (AvgIpc) is 2.55. The van der Waals surface area contributed by atoms with E-state index in [0.29, 0.717) is 0 Å². The molecule has 0 aromatic heterocycles. The molecule has 0 saturated heterocycles. The van der Waals surface area contributed by atoms with Gasteiger partial charge < -0.3 is 0 Å². The molecule has 1 heterocycles. The Morgan fingerprint density at radius 2 is 2.09 bits per heavy atom. The second-order valence-corrected chi connectivity index (χ2v) is 1.92. The van der Waals surface area contributed by atoms with Crippen LogP contribution in [0.1, 0.15) is 13.8 Å². The van der Waals surface area contributed by atoms with Crippen molar-refractivity contribution in [3.05, 3.63) is 24.3 Å². The molecule has 58 valence electrons. The summed E-state index contributed by atoms with van der Waals surface area (Å²) in [5.41, 5.74) is 0.942. The van der Waals surface area contributed by atoms with E-state index in [1.54, 1.807) is 0 Å². The zero-order valence-electron chi connectivity index (χ0n) is 6.73. The van der Waals surface area contributed by atoms with Crippen molar-refractivity contribution in [2.45, 2.75) is 19.9 Å². The maximum atomic E-state index is 3.84. The third-order valence-corrected chi connectivity index (χ3v) is 1.31. The smallest absolute Gasteiger partial charge is 0.135 e. The molecular formula is C8H11N3. The van der Waals surface area contributed by atoms with E-state index < -0.39 is 0 Å². The first-order chi connectivity index (χ1) is 5.47. The van der Waals surface area contributed by atoms with Gasteiger partial charge in [-0.15, -0.1) is 5.10 Å². The summed E-state index contributed by atoms with van der Waals surface area (Å²) in [6.45, 7) is 4.00. The second-order valence-electron chi connectivity index (χ2n) is 1.92. The van der Waals surface area contributed by atoms with Crippen molar-refractivity contribution in [3.8, 4) is 0 Å². The Kier molecular flexibility index (Phi) is 2.72. The third-order valence-electron chi connectivity index (χ3n) is 1.31. The minimum Gasteiger partial charge on any atom is -0.155 e. The van der Waals surface area contributed by atoms with Crippen LogP contribution in [-0.2, 0) is 0 Å². The summed E-state index contributed by atoms with van der Waals surface area (Å²) in [7, 11) is 0. The second kappa shape index (κ2) is 3.81. The molecule has 1 aliphatic carbocycles. The molecule has 1 unspecified atom stereocenters. The maximum Gasteiger partial charge on any atom is 0.135 e. The van der Waals surface area contributed by atoms with Crippen LogP contribution in [0.15, 0.2) is 39.7 Å². The summed E-state index contributed by atoms with van der Waals surface area (Å²) in [5, 5.41) is 11.2. The van der Waals surface area contributed by atoms with Crippen LogP contribution in [0.3, 0.4) is 0 Å². The van der Waals surface area contributed by atoms with Gasteiger partial charge in [-0.25, -0.2) is 0 Å². The first-order valence-electron chi connectivity index (χ1n) is 3.79. The fraction of sp³-hybridized carbons (Fsp3) is 0.375. The zero-order chi connectivity index (χ0) is 8.10. The quantitative estimate of drug-likeness (QED) is 0.507. The number of fused-ring (bicyclic) bond motifs is 1. The van der Waals surface area contributed by atoms with Gasteiger partial charge in [-0.3, -0.25) is 0 Å². The Hall–Kier alpha value is -1.25. The highest BCUT2D eigenvalue weighted by molar-refractivity contribution is 6.02. The van der Waals surface area contributed by atoms with Crippen LogP contribution >= 0.6 is 0 Å². The van der Waals surface area contributed by atoms with Crippen LogP contribution < -0.4 is 0 Å². The molecule has 0 saturated carbocycles. The number of hydrogen-bond donors (Lipinski definition) is 0. The SMILES string of the molecule is C1=CC2=NN=NC2C=C1.CC. The molecule has 3 heteroatoms. The van der Waals surface area contributed by atoms with Crippen LogP contribution in [0.4, 0.5) is 0 Å². The number of allylic oxidation sites excluding steroid dienone is 2. The highest BCUT2D eigenvalue weighted by atomic mass is 15.4. The molecule has 2 rings (SSSR count). The van der Waals surface area contributed by atoms with E-state index in [2.05, 4.69) is 15.4 Å². The molecule has 0 amide bonds. The summed E-state index contributed by atoms with van der Waals surface area (Å²) in [6, 6.07) is 0.106. The lowest BCUT2D eigenvalue weighted by molar-refractivity contribution is 0.974. The van der Waals surface area contributed by atoms with Crippen molar-refractivity contribution < 1.29 is 0 Å². The van der Waals surface area contributed by atoms with Gasteiger partial charge in [0.25, 0.3) is 0 Å². The predicted molar refractivity (Wildman–Crippen MR) is 45.7 cm³/mol. The van der Waals surface area contributed by atoms with E-state index in [0.717, 1.165) is 5.71 Å². The highest BCUT2D eigenvalue weighted by Gasteiger charge is 2.15. The van der Waals surface area contributed by atoms with Crippen LogP contribution in [0.2, 0.25) is 0 Å². The van der Waals surface area contributed by atoms with E-state index >= 15 is 0 Å². The molecule has 11 heavy (non-hydrogen) atoms. The molecule has 0 fully saturated rings. The van der Waals surface area contributed by atoms with E-state index in [1.165, 1.54) is 0 Å². The standard InChI is InChI=1S/C6H5N3.C2H6/c1-2-4-6-5(3-1)7-9-8-6;1-2/h1-5H;1-2H3. The van der Waals surface area contributed by atoms with Crippen molar-refractivity contribution >= 4 is 5.71 Å². The Balaban J connectivity index is 0.000000281. The molecule has 0 aromatic rings. The fourth-order valence-corrected chi connectivity index (χ4v) is 0.844. The minimum atomic E-state index is 0.106. The van der Waals surface area contributed by atoms with E-state index in [9.17, 15) is 0 Å². The van der Waals surface area contributed by atoms with E-state index in [4.69, 9.17) is 0 Å². The van der Waals surface area contributed by atoms with Gasteiger partial charge in [-0.2, -0.15) is 5.11 Å². The Labute approximate surface area is 66.2 Å². The average molecular weight is 149 g/mol. The van der Waals surface area contributed by atoms with Gasteiger partial charge in [0.15, 0.2) is 0 Å². The highest BCUT2D eigenvalue weighted by Crippen LogP contribution is 2.11. The van der Waals surface area contributed by atoms with Crippen molar-refractivity contribution in [2.24, 2.45) is 15.4 Å². The molecule has 3 nitrogen and oxygen atoms in total. The van der Waals surface area contributed by atoms with Gasteiger partial charge in [-0.1, -0.05) is 32.1 Å². The van der Waals surface area contributed by atoms with Gasteiger partial charge >= 0.3 is 0 Å².